The molecule has 1 rings (SSSR count). The van der Waals surface area contributed by atoms with E-state index < -0.39 is 0 Å². The summed E-state index contributed by atoms with van der Waals surface area (Å²) in [5, 5.41) is 1.09. The Balaban J connectivity index is 1.99. The van der Waals surface area contributed by atoms with Crippen molar-refractivity contribution >= 4 is 15.9 Å². The zero-order chi connectivity index (χ0) is 11.8. The minimum atomic E-state index is 0.649. The van der Waals surface area contributed by atoms with Gasteiger partial charge in [0.05, 0.1) is 6.61 Å². The second kappa shape index (κ2) is 8.45. The molecule has 3 nitrogen and oxygen atoms in total. The molecule has 0 aromatic carbocycles. The van der Waals surface area contributed by atoms with E-state index in [9.17, 15) is 0 Å². The van der Waals surface area contributed by atoms with Crippen LogP contribution in [-0.2, 0) is 4.74 Å². The van der Waals surface area contributed by atoms with Crippen LogP contribution in [0.2, 0.25) is 0 Å². The molecule has 0 aromatic heterocycles. The van der Waals surface area contributed by atoms with Gasteiger partial charge < -0.3 is 4.74 Å². The molecular formula is C12H25BrN2O. The van der Waals surface area contributed by atoms with Gasteiger partial charge in [0.15, 0.2) is 0 Å². The number of rotatable bonds is 7. The average Bonchev–Trinajstić information content (AvgIpc) is 2.27. The van der Waals surface area contributed by atoms with Crippen molar-refractivity contribution in [3.63, 3.8) is 0 Å². The molecule has 1 aliphatic rings. The van der Waals surface area contributed by atoms with Crippen molar-refractivity contribution in [1.29, 1.82) is 0 Å². The molecule has 0 saturated carbocycles. The first-order chi connectivity index (χ1) is 7.72. The smallest absolute Gasteiger partial charge is 0.0593 e. The van der Waals surface area contributed by atoms with Gasteiger partial charge in [0.2, 0.25) is 0 Å². The zero-order valence-electron chi connectivity index (χ0n) is 10.6. The van der Waals surface area contributed by atoms with Crippen molar-refractivity contribution < 1.29 is 4.74 Å². The number of halogens is 1. The molecule has 0 aromatic rings. The normalized spacial score (nSPS) is 19.5. The second-order valence-electron chi connectivity index (χ2n) is 4.84. The van der Waals surface area contributed by atoms with Crippen LogP contribution >= 0.6 is 15.9 Å². The quantitative estimate of drug-likeness (QED) is 0.524. The fourth-order valence-electron chi connectivity index (χ4n) is 1.87. The van der Waals surface area contributed by atoms with E-state index in [-0.39, 0.29) is 0 Å². The number of hydrogen-bond donors (Lipinski definition) is 0. The third kappa shape index (κ3) is 6.18. The Hall–Kier alpha value is 0.360. The molecule has 1 saturated heterocycles. The van der Waals surface area contributed by atoms with Crippen LogP contribution in [0, 0.1) is 5.92 Å². The Morgan fingerprint density at radius 2 is 1.62 bits per heavy atom. The number of hydrogen-bond acceptors (Lipinski definition) is 3. The molecule has 0 aliphatic carbocycles. The van der Waals surface area contributed by atoms with E-state index in [0.717, 1.165) is 25.1 Å². The van der Waals surface area contributed by atoms with Gasteiger partial charge in [-0.1, -0.05) is 29.8 Å². The first-order valence-corrected chi connectivity index (χ1v) is 7.43. The minimum Gasteiger partial charge on any atom is -0.380 e. The third-order valence-corrected chi connectivity index (χ3v) is 3.22. The summed E-state index contributed by atoms with van der Waals surface area (Å²) in [6.07, 6.45) is 0. The van der Waals surface area contributed by atoms with Crippen LogP contribution in [0.25, 0.3) is 0 Å². The third-order valence-electron chi connectivity index (χ3n) is 2.87. The summed E-state index contributed by atoms with van der Waals surface area (Å²) in [6.45, 7) is 13.2. The van der Waals surface area contributed by atoms with Crippen LogP contribution in [0.3, 0.4) is 0 Å². The highest BCUT2D eigenvalue weighted by atomic mass is 79.9. The van der Waals surface area contributed by atoms with Crippen molar-refractivity contribution in [2.75, 3.05) is 57.8 Å². The Labute approximate surface area is 108 Å². The van der Waals surface area contributed by atoms with Crippen molar-refractivity contribution in [3.8, 4) is 0 Å². The summed E-state index contributed by atoms with van der Waals surface area (Å²) < 4.78 is 5.61. The average molecular weight is 293 g/mol. The largest absolute Gasteiger partial charge is 0.380 e. The first kappa shape index (κ1) is 14.4. The highest BCUT2D eigenvalue weighted by Gasteiger charge is 2.15. The van der Waals surface area contributed by atoms with Gasteiger partial charge in [0, 0.05) is 51.2 Å². The maximum Gasteiger partial charge on any atom is 0.0593 e. The van der Waals surface area contributed by atoms with Crippen LogP contribution < -0.4 is 0 Å². The molecule has 4 heteroatoms. The van der Waals surface area contributed by atoms with Gasteiger partial charge in [-0.2, -0.15) is 0 Å². The van der Waals surface area contributed by atoms with E-state index in [0.29, 0.717) is 5.92 Å². The Kier molecular flexibility index (Phi) is 7.62. The summed E-state index contributed by atoms with van der Waals surface area (Å²) in [5.74, 6) is 0.649. The molecule has 96 valence electrons. The summed E-state index contributed by atoms with van der Waals surface area (Å²) in [6, 6.07) is 0. The van der Waals surface area contributed by atoms with Crippen LogP contribution in [0.15, 0.2) is 0 Å². The van der Waals surface area contributed by atoms with E-state index in [2.05, 4.69) is 39.6 Å². The highest BCUT2D eigenvalue weighted by molar-refractivity contribution is 9.09. The van der Waals surface area contributed by atoms with Crippen LogP contribution in [0.4, 0.5) is 0 Å². The second-order valence-corrected chi connectivity index (χ2v) is 5.63. The van der Waals surface area contributed by atoms with Crippen molar-refractivity contribution in [3.05, 3.63) is 0 Å². The molecule has 16 heavy (non-hydrogen) atoms. The lowest BCUT2D eigenvalue weighted by atomic mass is 10.2. The Bertz CT molecular complexity index is 170. The highest BCUT2D eigenvalue weighted by Crippen LogP contribution is 2.02. The van der Waals surface area contributed by atoms with E-state index in [1.165, 1.54) is 32.7 Å². The maximum absolute atomic E-state index is 5.61. The van der Waals surface area contributed by atoms with E-state index in [1.807, 2.05) is 0 Å². The molecule has 0 spiro atoms. The van der Waals surface area contributed by atoms with Crippen molar-refractivity contribution in [2.45, 2.75) is 13.8 Å². The SMILES string of the molecule is CC(C)COCCN1CCN(CCBr)CC1. The molecule has 1 heterocycles. The monoisotopic (exact) mass is 292 g/mol. The summed E-state index contributed by atoms with van der Waals surface area (Å²) in [4.78, 5) is 5.02. The van der Waals surface area contributed by atoms with Gasteiger partial charge in [-0.05, 0) is 5.92 Å². The lowest BCUT2D eigenvalue weighted by Gasteiger charge is -2.34. The molecule has 1 aliphatic heterocycles. The van der Waals surface area contributed by atoms with Gasteiger partial charge in [0.25, 0.3) is 0 Å². The number of nitrogens with zero attached hydrogens (tertiary/aromatic N) is 2. The molecule has 0 unspecified atom stereocenters. The van der Waals surface area contributed by atoms with Crippen LogP contribution in [0.5, 0.6) is 0 Å². The summed E-state index contributed by atoms with van der Waals surface area (Å²) in [7, 11) is 0. The topological polar surface area (TPSA) is 15.7 Å². The summed E-state index contributed by atoms with van der Waals surface area (Å²) in [5.41, 5.74) is 0. The van der Waals surface area contributed by atoms with Gasteiger partial charge in [-0.15, -0.1) is 0 Å². The first-order valence-electron chi connectivity index (χ1n) is 6.30. The molecule has 0 bridgehead atoms. The molecule has 0 amide bonds. The van der Waals surface area contributed by atoms with E-state index in [1.54, 1.807) is 0 Å². The summed E-state index contributed by atoms with van der Waals surface area (Å²) >= 11 is 3.49. The fourth-order valence-corrected chi connectivity index (χ4v) is 2.37. The Morgan fingerprint density at radius 1 is 1.06 bits per heavy atom. The Morgan fingerprint density at radius 3 is 2.12 bits per heavy atom. The van der Waals surface area contributed by atoms with Crippen molar-refractivity contribution in [2.24, 2.45) is 5.92 Å². The van der Waals surface area contributed by atoms with Gasteiger partial charge in [-0.3, -0.25) is 9.80 Å². The lowest BCUT2D eigenvalue weighted by Crippen LogP contribution is -2.47. The molecule has 0 N–H and O–H groups in total. The van der Waals surface area contributed by atoms with E-state index in [4.69, 9.17) is 4.74 Å². The molecular weight excluding hydrogens is 268 g/mol. The van der Waals surface area contributed by atoms with E-state index >= 15 is 0 Å². The molecule has 0 atom stereocenters. The number of ether oxygens (including phenoxy) is 1. The number of piperazine rings is 1. The predicted molar refractivity (Wildman–Crippen MR) is 72.3 cm³/mol. The lowest BCUT2D eigenvalue weighted by molar-refractivity contribution is 0.0659. The van der Waals surface area contributed by atoms with Gasteiger partial charge >= 0.3 is 0 Å². The van der Waals surface area contributed by atoms with Crippen LogP contribution in [-0.4, -0.2) is 67.6 Å². The van der Waals surface area contributed by atoms with Gasteiger partial charge in [0.1, 0.15) is 0 Å². The standard InChI is InChI=1S/C12H25BrN2O/c1-12(2)11-16-10-9-15-7-5-14(4-3-13)6-8-15/h12H,3-11H2,1-2H3. The molecule has 0 radical (unpaired) electrons. The minimum absolute atomic E-state index is 0.649. The zero-order valence-corrected chi connectivity index (χ0v) is 12.2. The van der Waals surface area contributed by atoms with Gasteiger partial charge in [-0.25, -0.2) is 0 Å². The maximum atomic E-state index is 5.61. The predicted octanol–water partition coefficient (Wildman–Crippen LogP) is 1.67. The molecule has 1 fully saturated rings. The fraction of sp³-hybridized carbons (Fsp3) is 1.00. The van der Waals surface area contributed by atoms with Crippen molar-refractivity contribution in [1.82, 2.24) is 9.80 Å². The number of alkyl halides is 1. The van der Waals surface area contributed by atoms with Crippen LogP contribution in [0.1, 0.15) is 13.8 Å².